The molecule has 0 N–H and O–H groups in total. The molecule has 0 amide bonds. The van der Waals surface area contributed by atoms with E-state index in [0.717, 1.165) is 12.8 Å². The Balaban J connectivity index is 2.09. The van der Waals surface area contributed by atoms with Gasteiger partial charge in [-0.1, -0.05) is 30.3 Å². The summed E-state index contributed by atoms with van der Waals surface area (Å²) in [6, 6.07) is 10.4. The number of hydrogen-bond acceptors (Lipinski definition) is 3. The number of carbonyl (C=O) groups is 1. The van der Waals surface area contributed by atoms with Crippen LogP contribution in [0.1, 0.15) is 44.6 Å². The third-order valence-corrected chi connectivity index (χ3v) is 3.95. The minimum absolute atomic E-state index is 0.131. The lowest BCUT2D eigenvalue weighted by molar-refractivity contribution is -0.178. The molecule has 0 aromatic heterocycles. The first-order valence-corrected chi connectivity index (χ1v) is 7.57. The van der Waals surface area contributed by atoms with Gasteiger partial charge in [-0.3, -0.25) is 4.79 Å². The van der Waals surface area contributed by atoms with Crippen molar-refractivity contribution in [1.82, 2.24) is 0 Å². The molecular weight excluding hydrogens is 252 g/mol. The van der Waals surface area contributed by atoms with E-state index in [0.29, 0.717) is 25.6 Å². The van der Waals surface area contributed by atoms with Gasteiger partial charge in [-0.2, -0.15) is 0 Å². The fraction of sp³-hybridized carbons (Fsp3) is 0.588. The first-order valence-electron chi connectivity index (χ1n) is 7.57. The molecule has 110 valence electrons. The standard InChI is InChI=1S/C17H24O3/c1-3-19-17(20-4-2)15-12-14(10-11-16(15)18)13-8-6-5-7-9-13/h5-9,14-15,17H,3-4,10-12H2,1-2H3. The van der Waals surface area contributed by atoms with Gasteiger partial charge >= 0.3 is 0 Å². The maximum Gasteiger partial charge on any atom is 0.167 e. The van der Waals surface area contributed by atoms with Crippen LogP contribution in [0.3, 0.4) is 0 Å². The molecule has 0 radical (unpaired) electrons. The number of hydrogen-bond donors (Lipinski definition) is 0. The fourth-order valence-corrected chi connectivity index (χ4v) is 2.96. The van der Waals surface area contributed by atoms with E-state index in [4.69, 9.17) is 9.47 Å². The predicted octanol–water partition coefficient (Wildman–Crippen LogP) is 3.54. The zero-order valence-corrected chi connectivity index (χ0v) is 12.4. The van der Waals surface area contributed by atoms with E-state index < -0.39 is 0 Å². The van der Waals surface area contributed by atoms with Crippen molar-refractivity contribution in [2.75, 3.05) is 13.2 Å². The van der Waals surface area contributed by atoms with E-state index in [1.165, 1.54) is 5.56 Å². The van der Waals surface area contributed by atoms with Gasteiger partial charge in [0.2, 0.25) is 0 Å². The van der Waals surface area contributed by atoms with E-state index in [1.54, 1.807) is 0 Å². The summed E-state index contributed by atoms with van der Waals surface area (Å²) in [4.78, 5) is 12.2. The highest BCUT2D eigenvalue weighted by atomic mass is 16.7. The van der Waals surface area contributed by atoms with Crippen LogP contribution in [0.5, 0.6) is 0 Å². The van der Waals surface area contributed by atoms with Gasteiger partial charge in [0.25, 0.3) is 0 Å². The Morgan fingerprint density at radius 3 is 2.40 bits per heavy atom. The van der Waals surface area contributed by atoms with Crippen LogP contribution in [0.4, 0.5) is 0 Å². The minimum atomic E-state index is -0.385. The lowest BCUT2D eigenvalue weighted by atomic mass is 9.77. The zero-order chi connectivity index (χ0) is 14.4. The molecule has 2 unspecified atom stereocenters. The van der Waals surface area contributed by atoms with E-state index in [1.807, 2.05) is 19.9 Å². The van der Waals surface area contributed by atoms with Gasteiger partial charge in [0.15, 0.2) is 6.29 Å². The summed E-state index contributed by atoms with van der Waals surface area (Å²) in [6.07, 6.45) is 2.00. The summed E-state index contributed by atoms with van der Waals surface area (Å²) in [6.45, 7) is 5.02. The van der Waals surface area contributed by atoms with Gasteiger partial charge in [-0.05, 0) is 38.2 Å². The highest BCUT2D eigenvalue weighted by Crippen LogP contribution is 2.36. The number of Topliss-reactive ketones (excluding diaryl/α,β-unsaturated/α-hetero) is 1. The molecule has 3 nitrogen and oxygen atoms in total. The topological polar surface area (TPSA) is 35.5 Å². The number of rotatable bonds is 6. The summed E-state index contributed by atoms with van der Waals surface area (Å²) in [7, 11) is 0. The van der Waals surface area contributed by atoms with Crippen LogP contribution in [0.25, 0.3) is 0 Å². The Kier molecular flexibility index (Phi) is 5.74. The molecule has 1 saturated carbocycles. The Hall–Kier alpha value is -1.19. The van der Waals surface area contributed by atoms with Crippen molar-refractivity contribution in [3.8, 4) is 0 Å². The van der Waals surface area contributed by atoms with Gasteiger partial charge in [-0.15, -0.1) is 0 Å². The van der Waals surface area contributed by atoms with Crippen LogP contribution < -0.4 is 0 Å². The molecule has 2 rings (SSSR count). The molecule has 1 aromatic rings. The SMILES string of the molecule is CCOC(OCC)C1CC(c2ccccc2)CCC1=O. The van der Waals surface area contributed by atoms with Gasteiger partial charge in [0.05, 0.1) is 5.92 Å². The van der Waals surface area contributed by atoms with Crippen molar-refractivity contribution in [2.45, 2.75) is 45.3 Å². The fourth-order valence-electron chi connectivity index (χ4n) is 2.96. The predicted molar refractivity (Wildman–Crippen MR) is 78.6 cm³/mol. The van der Waals surface area contributed by atoms with Crippen LogP contribution >= 0.6 is 0 Å². The number of ketones is 1. The monoisotopic (exact) mass is 276 g/mol. The Labute approximate surface area is 121 Å². The minimum Gasteiger partial charge on any atom is -0.352 e. The van der Waals surface area contributed by atoms with Crippen molar-refractivity contribution in [3.05, 3.63) is 35.9 Å². The molecule has 1 aliphatic carbocycles. The second-order valence-corrected chi connectivity index (χ2v) is 5.23. The molecule has 2 atom stereocenters. The molecule has 0 aliphatic heterocycles. The highest BCUT2D eigenvalue weighted by molar-refractivity contribution is 5.82. The number of carbonyl (C=O) groups excluding carboxylic acids is 1. The normalized spacial score (nSPS) is 23.2. The number of benzene rings is 1. The second kappa shape index (κ2) is 7.55. The summed E-state index contributed by atoms with van der Waals surface area (Å²) in [5.41, 5.74) is 1.32. The van der Waals surface area contributed by atoms with Crippen molar-refractivity contribution < 1.29 is 14.3 Å². The molecule has 0 heterocycles. The lowest BCUT2D eigenvalue weighted by Gasteiger charge is -2.33. The van der Waals surface area contributed by atoms with E-state index >= 15 is 0 Å². The summed E-state index contributed by atoms with van der Waals surface area (Å²) >= 11 is 0. The average Bonchev–Trinajstić information content (AvgIpc) is 2.48. The van der Waals surface area contributed by atoms with Crippen LogP contribution in [-0.2, 0) is 14.3 Å². The molecular formula is C17H24O3. The van der Waals surface area contributed by atoms with E-state index in [9.17, 15) is 4.79 Å². The van der Waals surface area contributed by atoms with Crippen LogP contribution in [-0.4, -0.2) is 25.3 Å². The van der Waals surface area contributed by atoms with Crippen molar-refractivity contribution in [2.24, 2.45) is 5.92 Å². The first kappa shape index (κ1) is 15.2. The zero-order valence-electron chi connectivity index (χ0n) is 12.4. The molecule has 0 saturated heterocycles. The molecule has 0 bridgehead atoms. The molecule has 1 aromatic carbocycles. The molecule has 3 heteroatoms. The third-order valence-electron chi connectivity index (χ3n) is 3.95. The second-order valence-electron chi connectivity index (χ2n) is 5.23. The van der Waals surface area contributed by atoms with E-state index in [-0.39, 0.29) is 18.0 Å². The quantitative estimate of drug-likeness (QED) is 0.746. The van der Waals surface area contributed by atoms with Crippen molar-refractivity contribution >= 4 is 5.78 Å². The molecule has 1 aliphatic rings. The summed E-state index contributed by atoms with van der Waals surface area (Å²) in [5, 5.41) is 0. The number of ether oxygens (including phenoxy) is 2. The largest absolute Gasteiger partial charge is 0.352 e. The van der Waals surface area contributed by atoms with Gasteiger partial charge in [0.1, 0.15) is 5.78 Å². The van der Waals surface area contributed by atoms with Crippen LogP contribution in [0, 0.1) is 5.92 Å². The van der Waals surface area contributed by atoms with Gasteiger partial charge in [0, 0.05) is 19.6 Å². The van der Waals surface area contributed by atoms with Gasteiger partial charge < -0.3 is 9.47 Å². The Morgan fingerprint density at radius 2 is 1.80 bits per heavy atom. The molecule has 0 spiro atoms. The smallest absolute Gasteiger partial charge is 0.167 e. The summed E-state index contributed by atoms with van der Waals surface area (Å²) in [5.74, 6) is 0.584. The van der Waals surface area contributed by atoms with E-state index in [2.05, 4.69) is 24.3 Å². The molecule has 20 heavy (non-hydrogen) atoms. The highest BCUT2D eigenvalue weighted by Gasteiger charge is 2.36. The average molecular weight is 276 g/mol. The Morgan fingerprint density at radius 1 is 1.15 bits per heavy atom. The summed E-state index contributed by atoms with van der Waals surface area (Å²) < 4.78 is 11.3. The van der Waals surface area contributed by atoms with Crippen LogP contribution in [0.15, 0.2) is 30.3 Å². The van der Waals surface area contributed by atoms with Crippen molar-refractivity contribution in [1.29, 1.82) is 0 Å². The molecule has 1 fully saturated rings. The maximum absolute atomic E-state index is 12.2. The first-order chi connectivity index (χ1) is 9.76. The van der Waals surface area contributed by atoms with Crippen LogP contribution in [0.2, 0.25) is 0 Å². The van der Waals surface area contributed by atoms with Crippen molar-refractivity contribution in [3.63, 3.8) is 0 Å². The lowest BCUT2D eigenvalue weighted by Crippen LogP contribution is -2.37. The van der Waals surface area contributed by atoms with Gasteiger partial charge in [-0.25, -0.2) is 0 Å². The third kappa shape index (κ3) is 3.68. The maximum atomic E-state index is 12.2. The Bertz CT molecular complexity index is 410.